The van der Waals surface area contributed by atoms with Crippen LogP contribution in [0.4, 0.5) is 4.39 Å². The van der Waals surface area contributed by atoms with E-state index < -0.39 is 12.1 Å². The lowest BCUT2D eigenvalue weighted by atomic mass is 9.96. The molecule has 2 N–H and O–H groups in total. The third-order valence-corrected chi connectivity index (χ3v) is 6.57. The molecule has 3 unspecified atom stereocenters. The van der Waals surface area contributed by atoms with Crippen LogP contribution in [0.2, 0.25) is 0 Å². The number of carboxylic acids is 1. The summed E-state index contributed by atoms with van der Waals surface area (Å²) in [5.74, 6) is -0.0736. The molecule has 4 nitrogen and oxygen atoms in total. The monoisotopic (exact) mass is 435 g/mol. The summed E-state index contributed by atoms with van der Waals surface area (Å²) in [6, 6.07) is 19.5. The average molecular weight is 436 g/mol. The van der Waals surface area contributed by atoms with Gasteiger partial charge in [-0.3, -0.25) is 0 Å². The number of benzene rings is 3. The number of aliphatic carboxylic acids is 1. The van der Waals surface area contributed by atoms with Crippen LogP contribution >= 0.6 is 0 Å². The molecular formula is C27H30FNO3. The first kappa shape index (κ1) is 22.3. The molecule has 0 spiro atoms. The van der Waals surface area contributed by atoms with E-state index in [1.54, 1.807) is 13.0 Å². The highest BCUT2D eigenvalue weighted by Gasteiger charge is 2.27. The zero-order valence-electron chi connectivity index (χ0n) is 18.6. The first-order valence-electron chi connectivity index (χ1n) is 11.4. The normalized spacial score (nSPS) is 20.2. The summed E-state index contributed by atoms with van der Waals surface area (Å²) < 4.78 is 19.7. The van der Waals surface area contributed by atoms with Crippen molar-refractivity contribution in [1.29, 1.82) is 0 Å². The number of hydrogen-bond acceptors (Lipinski definition) is 3. The third kappa shape index (κ3) is 4.78. The molecule has 0 saturated heterocycles. The lowest BCUT2D eigenvalue weighted by Crippen LogP contribution is -2.29. The van der Waals surface area contributed by atoms with E-state index in [0.29, 0.717) is 29.5 Å². The molecule has 3 aromatic carbocycles. The minimum atomic E-state index is -0.940. The van der Waals surface area contributed by atoms with E-state index in [0.717, 1.165) is 30.2 Å². The standard InChI is InChI=1S/C27H30FNO3/c1-3-26(27(30)31)32-21-12-9-18(10-13-21)19-8-11-20(16-19)29-17(2)22-14-15-25(28)24-7-5-4-6-23(22)24/h4-7,9-10,12-15,17,19-20,26,29H,3,8,11,16H2,1-2H3,(H,30,31)/t17-,19?,20?,26?/m1/s1. The Morgan fingerprint density at radius 2 is 1.81 bits per heavy atom. The number of fused-ring (bicyclic) bond motifs is 1. The zero-order chi connectivity index (χ0) is 22.7. The number of rotatable bonds is 8. The highest BCUT2D eigenvalue weighted by atomic mass is 19.1. The van der Waals surface area contributed by atoms with Crippen LogP contribution in [0, 0.1) is 5.82 Å². The van der Waals surface area contributed by atoms with Crippen LogP contribution in [0.1, 0.15) is 62.6 Å². The summed E-state index contributed by atoms with van der Waals surface area (Å²) in [7, 11) is 0. The van der Waals surface area contributed by atoms with E-state index in [9.17, 15) is 9.18 Å². The van der Waals surface area contributed by atoms with Crippen LogP contribution in [0.5, 0.6) is 5.75 Å². The molecule has 1 fully saturated rings. The highest BCUT2D eigenvalue weighted by Crippen LogP contribution is 2.37. The topological polar surface area (TPSA) is 58.6 Å². The van der Waals surface area contributed by atoms with Crippen molar-refractivity contribution in [3.05, 3.63) is 77.6 Å². The molecule has 4 rings (SSSR count). The zero-order valence-corrected chi connectivity index (χ0v) is 18.6. The fourth-order valence-corrected chi connectivity index (χ4v) is 4.83. The van der Waals surface area contributed by atoms with E-state index in [1.807, 2.05) is 54.6 Å². The van der Waals surface area contributed by atoms with Gasteiger partial charge >= 0.3 is 5.97 Å². The van der Waals surface area contributed by atoms with Crippen molar-refractivity contribution in [2.24, 2.45) is 0 Å². The van der Waals surface area contributed by atoms with Crippen LogP contribution in [0.3, 0.4) is 0 Å². The smallest absolute Gasteiger partial charge is 0.344 e. The number of ether oxygens (including phenoxy) is 1. The van der Waals surface area contributed by atoms with Crippen molar-refractivity contribution in [1.82, 2.24) is 5.32 Å². The Morgan fingerprint density at radius 1 is 1.09 bits per heavy atom. The van der Waals surface area contributed by atoms with Crippen LogP contribution in [-0.4, -0.2) is 23.2 Å². The number of carboxylic acid groups (broad SMARTS) is 1. The summed E-state index contributed by atoms with van der Waals surface area (Å²) in [6.45, 7) is 3.94. The van der Waals surface area contributed by atoms with Crippen LogP contribution < -0.4 is 10.1 Å². The minimum Gasteiger partial charge on any atom is -0.479 e. The summed E-state index contributed by atoms with van der Waals surface area (Å²) >= 11 is 0. The minimum absolute atomic E-state index is 0.127. The Bertz CT molecular complexity index is 1080. The van der Waals surface area contributed by atoms with Crippen molar-refractivity contribution >= 4 is 16.7 Å². The number of halogens is 1. The second-order valence-electron chi connectivity index (χ2n) is 8.70. The van der Waals surface area contributed by atoms with Gasteiger partial charge in [0.2, 0.25) is 0 Å². The maximum absolute atomic E-state index is 14.2. The Morgan fingerprint density at radius 3 is 2.50 bits per heavy atom. The lowest BCUT2D eigenvalue weighted by Gasteiger charge is -2.22. The van der Waals surface area contributed by atoms with Gasteiger partial charge in [-0.2, -0.15) is 0 Å². The fourth-order valence-electron chi connectivity index (χ4n) is 4.83. The van der Waals surface area contributed by atoms with Crippen molar-refractivity contribution in [3.63, 3.8) is 0 Å². The molecule has 0 bridgehead atoms. The lowest BCUT2D eigenvalue weighted by molar-refractivity contribution is -0.145. The molecule has 0 heterocycles. The van der Waals surface area contributed by atoms with Gasteiger partial charge in [0, 0.05) is 17.5 Å². The first-order valence-corrected chi connectivity index (χ1v) is 11.4. The summed E-state index contributed by atoms with van der Waals surface area (Å²) in [5, 5.41) is 14.5. The predicted molar refractivity (Wildman–Crippen MR) is 125 cm³/mol. The molecule has 4 atom stereocenters. The molecule has 0 radical (unpaired) electrons. The van der Waals surface area contributed by atoms with Gasteiger partial charge in [-0.15, -0.1) is 0 Å². The molecule has 1 aliphatic carbocycles. The second-order valence-corrected chi connectivity index (χ2v) is 8.70. The van der Waals surface area contributed by atoms with Gasteiger partial charge in [0.05, 0.1) is 0 Å². The van der Waals surface area contributed by atoms with E-state index >= 15 is 0 Å². The molecule has 0 aliphatic heterocycles. The number of hydrogen-bond donors (Lipinski definition) is 2. The Kier molecular flexibility index (Phi) is 6.75. The number of nitrogens with one attached hydrogen (secondary N) is 1. The molecule has 3 aromatic rings. The molecule has 1 saturated carbocycles. The summed E-state index contributed by atoms with van der Waals surface area (Å²) in [4.78, 5) is 11.2. The van der Waals surface area contributed by atoms with Crippen LogP contribution in [0.25, 0.3) is 10.8 Å². The Hall–Kier alpha value is -2.92. The molecular weight excluding hydrogens is 405 g/mol. The molecule has 1 aliphatic rings. The fraction of sp³-hybridized carbons (Fsp3) is 0.370. The molecule has 0 aromatic heterocycles. The summed E-state index contributed by atoms with van der Waals surface area (Å²) in [6.07, 6.45) is 2.83. The van der Waals surface area contributed by atoms with Crippen molar-refractivity contribution in [2.45, 2.75) is 63.6 Å². The van der Waals surface area contributed by atoms with E-state index in [2.05, 4.69) is 12.2 Å². The largest absolute Gasteiger partial charge is 0.479 e. The molecule has 32 heavy (non-hydrogen) atoms. The first-order chi connectivity index (χ1) is 15.5. The second kappa shape index (κ2) is 9.70. The van der Waals surface area contributed by atoms with Crippen LogP contribution in [-0.2, 0) is 4.79 Å². The van der Waals surface area contributed by atoms with Gasteiger partial charge in [0.1, 0.15) is 11.6 Å². The maximum atomic E-state index is 14.2. The van der Waals surface area contributed by atoms with Crippen LogP contribution in [0.15, 0.2) is 60.7 Å². The van der Waals surface area contributed by atoms with Gasteiger partial charge in [-0.05, 0) is 73.2 Å². The van der Waals surface area contributed by atoms with E-state index in [-0.39, 0.29) is 11.9 Å². The highest BCUT2D eigenvalue weighted by molar-refractivity contribution is 5.86. The summed E-state index contributed by atoms with van der Waals surface area (Å²) in [5.41, 5.74) is 2.38. The Balaban J connectivity index is 1.39. The average Bonchev–Trinajstić information content (AvgIpc) is 3.26. The van der Waals surface area contributed by atoms with Gasteiger partial charge < -0.3 is 15.2 Å². The van der Waals surface area contributed by atoms with Gasteiger partial charge in [0.25, 0.3) is 0 Å². The number of carbonyl (C=O) groups is 1. The van der Waals surface area contributed by atoms with E-state index in [4.69, 9.17) is 9.84 Å². The molecule has 5 heteroatoms. The SMILES string of the molecule is CCC(Oc1ccc(C2CCC(N[C@H](C)c3ccc(F)c4ccccc34)C2)cc1)C(=O)O. The van der Waals surface area contributed by atoms with Gasteiger partial charge in [-0.1, -0.05) is 49.4 Å². The van der Waals surface area contributed by atoms with Crippen molar-refractivity contribution < 1.29 is 19.0 Å². The van der Waals surface area contributed by atoms with E-state index in [1.165, 1.54) is 5.56 Å². The van der Waals surface area contributed by atoms with Crippen molar-refractivity contribution in [2.75, 3.05) is 0 Å². The maximum Gasteiger partial charge on any atom is 0.344 e. The molecule has 0 amide bonds. The predicted octanol–water partition coefficient (Wildman–Crippen LogP) is 6.21. The third-order valence-electron chi connectivity index (χ3n) is 6.57. The quantitative estimate of drug-likeness (QED) is 0.442. The van der Waals surface area contributed by atoms with Gasteiger partial charge in [0.15, 0.2) is 6.10 Å². The van der Waals surface area contributed by atoms with Crippen molar-refractivity contribution in [3.8, 4) is 5.75 Å². The Labute approximate surface area is 188 Å². The molecule has 168 valence electrons. The van der Waals surface area contributed by atoms with Gasteiger partial charge in [-0.25, -0.2) is 9.18 Å².